The van der Waals surface area contributed by atoms with Gasteiger partial charge in [-0.25, -0.2) is 0 Å². The molecule has 1 fully saturated rings. The van der Waals surface area contributed by atoms with Crippen molar-refractivity contribution in [1.29, 1.82) is 0 Å². The molecule has 0 radical (unpaired) electrons. The van der Waals surface area contributed by atoms with Crippen LogP contribution in [-0.2, 0) is 4.79 Å². The molecule has 0 aromatic rings. The fourth-order valence-electron chi connectivity index (χ4n) is 1.93. The minimum absolute atomic E-state index is 0.675. The van der Waals surface area contributed by atoms with Crippen LogP contribution >= 0.6 is 11.8 Å². The SMILES string of the molecule is CCN(CC1CCSC1)C(C)(C)C(=O)O. The minimum atomic E-state index is -0.734. The monoisotopic (exact) mass is 231 g/mol. The summed E-state index contributed by atoms with van der Waals surface area (Å²) in [7, 11) is 0. The van der Waals surface area contributed by atoms with Gasteiger partial charge in [-0.05, 0) is 44.2 Å². The summed E-state index contributed by atoms with van der Waals surface area (Å²) in [6, 6.07) is 0. The summed E-state index contributed by atoms with van der Waals surface area (Å²) in [5, 5.41) is 9.17. The maximum absolute atomic E-state index is 11.1. The number of hydrogen-bond acceptors (Lipinski definition) is 3. The smallest absolute Gasteiger partial charge is 0.323 e. The van der Waals surface area contributed by atoms with Crippen LogP contribution in [0.4, 0.5) is 0 Å². The highest BCUT2D eigenvalue weighted by Gasteiger charge is 2.35. The van der Waals surface area contributed by atoms with Crippen LogP contribution in [0.2, 0.25) is 0 Å². The fraction of sp³-hybridized carbons (Fsp3) is 0.909. The second-order valence-corrected chi connectivity index (χ2v) is 5.78. The van der Waals surface area contributed by atoms with Gasteiger partial charge in [0, 0.05) is 6.54 Å². The number of nitrogens with zero attached hydrogens (tertiary/aromatic N) is 1. The van der Waals surface area contributed by atoms with Gasteiger partial charge >= 0.3 is 5.97 Å². The predicted molar refractivity (Wildman–Crippen MR) is 64.4 cm³/mol. The van der Waals surface area contributed by atoms with Gasteiger partial charge in [0.2, 0.25) is 0 Å². The van der Waals surface area contributed by atoms with Crippen LogP contribution in [0.1, 0.15) is 27.2 Å². The zero-order chi connectivity index (χ0) is 11.5. The Labute approximate surface area is 96.2 Å². The summed E-state index contributed by atoms with van der Waals surface area (Å²) in [5.74, 6) is 2.37. The van der Waals surface area contributed by atoms with Gasteiger partial charge in [0.25, 0.3) is 0 Å². The summed E-state index contributed by atoms with van der Waals surface area (Å²) in [6.07, 6.45) is 1.23. The molecular weight excluding hydrogens is 210 g/mol. The molecule has 1 aliphatic heterocycles. The Balaban J connectivity index is 2.57. The molecule has 0 aliphatic carbocycles. The van der Waals surface area contributed by atoms with E-state index >= 15 is 0 Å². The third-order valence-corrected chi connectivity index (χ3v) is 4.43. The van der Waals surface area contributed by atoms with E-state index in [1.807, 2.05) is 18.7 Å². The summed E-state index contributed by atoms with van der Waals surface area (Å²) >= 11 is 1.98. The molecule has 15 heavy (non-hydrogen) atoms. The van der Waals surface area contributed by atoms with Gasteiger partial charge in [-0.3, -0.25) is 9.69 Å². The Morgan fingerprint density at radius 3 is 2.67 bits per heavy atom. The highest BCUT2D eigenvalue weighted by molar-refractivity contribution is 7.99. The average molecular weight is 231 g/mol. The van der Waals surface area contributed by atoms with Crippen molar-refractivity contribution in [2.24, 2.45) is 5.92 Å². The number of likely N-dealkylation sites (N-methyl/N-ethyl adjacent to an activating group) is 1. The van der Waals surface area contributed by atoms with Crippen molar-refractivity contribution < 1.29 is 9.90 Å². The summed E-state index contributed by atoms with van der Waals surface area (Å²) in [6.45, 7) is 7.35. The fourth-order valence-corrected chi connectivity index (χ4v) is 3.20. The van der Waals surface area contributed by atoms with E-state index in [1.165, 1.54) is 17.9 Å². The second kappa shape index (κ2) is 5.21. The van der Waals surface area contributed by atoms with Crippen LogP contribution in [0.15, 0.2) is 0 Å². The molecule has 1 atom stereocenters. The van der Waals surface area contributed by atoms with Crippen LogP contribution in [-0.4, -0.2) is 46.1 Å². The number of hydrogen-bond donors (Lipinski definition) is 1. The first-order chi connectivity index (χ1) is 6.98. The molecule has 0 amide bonds. The Bertz CT molecular complexity index is 225. The van der Waals surface area contributed by atoms with Crippen LogP contribution in [0.3, 0.4) is 0 Å². The largest absolute Gasteiger partial charge is 0.480 e. The lowest BCUT2D eigenvalue weighted by Crippen LogP contribution is -2.51. The lowest BCUT2D eigenvalue weighted by atomic mass is 10.00. The number of carboxylic acid groups (broad SMARTS) is 1. The molecule has 4 heteroatoms. The molecule has 1 rings (SSSR count). The topological polar surface area (TPSA) is 40.5 Å². The number of thioether (sulfide) groups is 1. The third-order valence-electron chi connectivity index (χ3n) is 3.20. The van der Waals surface area contributed by atoms with E-state index in [9.17, 15) is 4.79 Å². The Morgan fingerprint density at radius 1 is 1.60 bits per heavy atom. The van der Waals surface area contributed by atoms with Crippen molar-refractivity contribution in [2.45, 2.75) is 32.7 Å². The van der Waals surface area contributed by atoms with Crippen molar-refractivity contribution >= 4 is 17.7 Å². The van der Waals surface area contributed by atoms with Crippen molar-refractivity contribution in [3.8, 4) is 0 Å². The van der Waals surface area contributed by atoms with E-state index in [4.69, 9.17) is 5.11 Å². The molecule has 1 unspecified atom stereocenters. The van der Waals surface area contributed by atoms with Gasteiger partial charge in [0.05, 0.1) is 0 Å². The predicted octanol–water partition coefficient (Wildman–Crippen LogP) is 1.92. The van der Waals surface area contributed by atoms with Gasteiger partial charge in [-0.2, -0.15) is 11.8 Å². The molecule has 1 saturated heterocycles. The molecule has 88 valence electrons. The summed E-state index contributed by atoms with van der Waals surface area (Å²) in [5.41, 5.74) is -0.734. The Kier molecular flexibility index (Phi) is 4.46. The van der Waals surface area contributed by atoms with Crippen molar-refractivity contribution in [2.75, 3.05) is 24.6 Å². The summed E-state index contributed by atoms with van der Waals surface area (Å²) < 4.78 is 0. The second-order valence-electron chi connectivity index (χ2n) is 4.63. The van der Waals surface area contributed by atoms with E-state index in [0.29, 0.717) is 5.92 Å². The number of rotatable bonds is 5. The molecule has 0 spiro atoms. The molecule has 0 aromatic carbocycles. The van der Waals surface area contributed by atoms with Crippen molar-refractivity contribution in [3.63, 3.8) is 0 Å². The molecule has 0 saturated carbocycles. The van der Waals surface area contributed by atoms with Crippen LogP contribution in [0.25, 0.3) is 0 Å². The third kappa shape index (κ3) is 3.11. The van der Waals surface area contributed by atoms with E-state index in [0.717, 1.165) is 13.1 Å². The van der Waals surface area contributed by atoms with Gasteiger partial charge in [0.15, 0.2) is 0 Å². The summed E-state index contributed by atoms with van der Waals surface area (Å²) in [4.78, 5) is 13.2. The molecule has 1 aliphatic rings. The lowest BCUT2D eigenvalue weighted by molar-refractivity contribution is -0.149. The molecule has 1 N–H and O–H groups in total. The van der Waals surface area contributed by atoms with Gasteiger partial charge in [-0.15, -0.1) is 0 Å². The number of carbonyl (C=O) groups is 1. The number of carboxylic acids is 1. The van der Waals surface area contributed by atoms with Gasteiger partial charge in [-0.1, -0.05) is 6.92 Å². The standard InChI is InChI=1S/C11H21NO2S/c1-4-12(11(2,3)10(13)14)7-9-5-6-15-8-9/h9H,4-8H2,1-3H3,(H,13,14). The molecule has 3 nitrogen and oxygen atoms in total. The van der Waals surface area contributed by atoms with E-state index in [1.54, 1.807) is 13.8 Å². The van der Waals surface area contributed by atoms with E-state index in [-0.39, 0.29) is 0 Å². The Hall–Kier alpha value is -0.220. The molecule has 0 bridgehead atoms. The first-order valence-electron chi connectivity index (χ1n) is 5.54. The highest BCUT2D eigenvalue weighted by Crippen LogP contribution is 2.26. The van der Waals surface area contributed by atoms with Gasteiger partial charge < -0.3 is 5.11 Å². The zero-order valence-electron chi connectivity index (χ0n) is 9.82. The van der Waals surface area contributed by atoms with Crippen LogP contribution in [0, 0.1) is 5.92 Å². The van der Waals surface area contributed by atoms with Crippen LogP contribution < -0.4 is 0 Å². The normalized spacial score (nSPS) is 22.3. The lowest BCUT2D eigenvalue weighted by Gasteiger charge is -2.35. The maximum atomic E-state index is 11.1. The maximum Gasteiger partial charge on any atom is 0.323 e. The molecule has 0 aromatic heterocycles. The molecule has 1 heterocycles. The zero-order valence-corrected chi connectivity index (χ0v) is 10.6. The first-order valence-corrected chi connectivity index (χ1v) is 6.70. The van der Waals surface area contributed by atoms with Crippen molar-refractivity contribution in [3.05, 3.63) is 0 Å². The quantitative estimate of drug-likeness (QED) is 0.785. The van der Waals surface area contributed by atoms with E-state index in [2.05, 4.69) is 4.90 Å². The number of aliphatic carboxylic acids is 1. The first kappa shape index (κ1) is 12.8. The van der Waals surface area contributed by atoms with E-state index < -0.39 is 11.5 Å². The Morgan fingerprint density at radius 2 is 2.27 bits per heavy atom. The van der Waals surface area contributed by atoms with Crippen LogP contribution in [0.5, 0.6) is 0 Å². The minimum Gasteiger partial charge on any atom is -0.480 e. The highest BCUT2D eigenvalue weighted by atomic mass is 32.2. The van der Waals surface area contributed by atoms with Crippen molar-refractivity contribution in [1.82, 2.24) is 4.90 Å². The molecular formula is C11H21NO2S. The average Bonchev–Trinajstić information content (AvgIpc) is 2.65. The van der Waals surface area contributed by atoms with Gasteiger partial charge in [0.1, 0.15) is 5.54 Å².